The largest absolute Gasteiger partial charge is 0.322 e. The van der Waals surface area contributed by atoms with Crippen molar-refractivity contribution in [2.75, 3.05) is 11.9 Å². The highest BCUT2D eigenvalue weighted by Gasteiger charge is 2.27. The molecule has 0 radical (unpaired) electrons. The Morgan fingerprint density at radius 1 is 0.850 bits per heavy atom. The number of aromatic nitrogens is 2. The van der Waals surface area contributed by atoms with Crippen LogP contribution in [0.2, 0.25) is 0 Å². The van der Waals surface area contributed by atoms with Crippen LogP contribution in [0.3, 0.4) is 0 Å². The minimum Gasteiger partial charge on any atom is -0.314 e. The average Bonchev–Trinajstić information content (AvgIpc) is 2.96. The molecule has 0 aliphatic heterocycles. The first kappa shape index (κ1) is 26.9. The molecular weight excluding hydrogens is 496 g/mol. The Labute approximate surface area is 234 Å². The van der Waals surface area contributed by atoms with Gasteiger partial charge in [0, 0.05) is 12.2 Å². The van der Waals surface area contributed by atoms with Gasteiger partial charge in [0.1, 0.15) is 5.82 Å². The molecule has 202 valence electrons. The number of hydrogen-bond donors (Lipinski definition) is 1. The van der Waals surface area contributed by atoms with Gasteiger partial charge in [-0.2, -0.15) is 0 Å². The number of rotatable bonds is 7. The van der Waals surface area contributed by atoms with Gasteiger partial charge in [0.25, 0.3) is 5.56 Å². The number of anilines is 1. The number of aryl methyl sites for hydroxylation is 3. The SMILES string of the molecule is Cc1ccc(-n2c(C(C)N(CCc3ccccc3)C(=O)Nc3ccccc3C)nc3ccccc3c2=O)cc1C. The molecule has 6 heteroatoms. The van der Waals surface area contributed by atoms with Gasteiger partial charge in [-0.3, -0.25) is 9.36 Å². The number of hydrogen-bond acceptors (Lipinski definition) is 3. The standard InChI is InChI=1S/C34H34N4O2/c1-23-18-19-28(22-25(23)3)38-32(35-31-17-11-9-15-29(31)33(38)39)26(4)37(21-20-27-13-6-5-7-14-27)34(40)36-30-16-10-8-12-24(30)2/h5-19,22,26H,20-21H2,1-4H3,(H,36,40). The zero-order valence-corrected chi connectivity index (χ0v) is 23.4. The van der Waals surface area contributed by atoms with Crippen LogP contribution in [0.4, 0.5) is 10.5 Å². The minimum absolute atomic E-state index is 0.155. The van der Waals surface area contributed by atoms with Crippen molar-refractivity contribution >= 4 is 22.6 Å². The summed E-state index contributed by atoms with van der Waals surface area (Å²) in [5.41, 5.74) is 6.26. The second kappa shape index (κ2) is 11.6. The van der Waals surface area contributed by atoms with Crippen molar-refractivity contribution in [3.63, 3.8) is 0 Å². The molecule has 0 saturated heterocycles. The quantitative estimate of drug-likeness (QED) is 0.243. The molecule has 1 N–H and O–H groups in total. The van der Waals surface area contributed by atoms with Crippen molar-refractivity contribution < 1.29 is 4.79 Å². The summed E-state index contributed by atoms with van der Waals surface area (Å²) in [6.07, 6.45) is 0.661. The van der Waals surface area contributed by atoms with Gasteiger partial charge in [0.15, 0.2) is 0 Å². The Kier molecular flexibility index (Phi) is 7.78. The number of carbonyl (C=O) groups excluding carboxylic acids is 1. The summed E-state index contributed by atoms with van der Waals surface area (Å²) in [5.74, 6) is 0.514. The first-order valence-corrected chi connectivity index (χ1v) is 13.6. The van der Waals surface area contributed by atoms with Crippen molar-refractivity contribution in [3.05, 3.63) is 135 Å². The third-order valence-corrected chi connectivity index (χ3v) is 7.52. The molecule has 1 unspecified atom stereocenters. The van der Waals surface area contributed by atoms with E-state index in [0.717, 1.165) is 33.6 Å². The number of amides is 2. The van der Waals surface area contributed by atoms with Gasteiger partial charge in [-0.15, -0.1) is 0 Å². The monoisotopic (exact) mass is 530 g/mol. The molecule has 1 heterocycles. The highest BCUT2D eigenvalue weighted by atomic mass is 16.2. The van der Waals surface area contributed by atoms with Crippen LogP contribution in [0.1, 0.15) is 41.0 Å². The first-order chi connectivity index (χ1) is 19.3. The number of para-hydroxylation sites is 2. The van der Waals surface area contributed by atoms with Crippen molar-refractivity contribution in [1.29, 1.82) is 0 Å². The van der Waals surface area contributed by atoms with E-state index in [0.29, 0.717) is 29.7 Å². The first-order valence-electron chi connectivity index (χ1n) is 13.6. The fourth-order valence-electron chi connectivity index (χ4n) is 4.95. The Morgan fingerprint density at radius 2 is 1.55 bits per heavy atom. The summed E-state index contributed by atoms with van der Waals surface area (Å²) in [6.45, 7) is 8.43. The lowest BCUT2D eigenvalue weighted by molar-refractivity contribution is 0.190. The molecule has 5 aromatic rings. The molecule has 0 aliphatic rings. The zero-order valence-electron chi connectivity index (χ0n) is 23.4. The normalized spacial score (nSPS) is 11.8. The van der Waals surface area contributed by atoms with Gasteiger partial charge >= 0.3 is 6.03 Å². The number of nitrogens with zero attached hydrogens (tertiary/aromatic N) is 3. The predicted octanol–water partition coefficient (Wildman–Crippen LogP) is 7.15. The van der Waals surface area contributed by atoms with Crippen LogP contribution < -0.4 is 10.9 Å². The highest BCUT2D eigenvalue weighted by Crippen LogP contribution is 2.26. The summed E-state index contributed by atoms with van der Waals surface area (Å²) < 4.78 is 1.66. The van der Waals surface area contributed by atoms with Gasteiger partial charge in [0.2, 0.25) is 0 Å². The maximum atomic E-state index is 14.0. The molecule has 6 nitrogen and oxygen atoms in total. The molecule has 4 aromatic carbocycles. The number of fused-ring (bicyclic) bond motifs is 1. The summed E-state index contributed by atoms with van der Waals surface area (Å²) in [4.78, 5) is 34.6. The van der Waals surface area contributed by atoms with Crippen LogP contribution in [-0.4, -0.2) is 27.0 Å². The van der Waals surface area contributed by atoms with E-state index in [1.807, 2.05) is 107 Å². The number of carbonyl (C=O) groups is 1. The number of urea groups is 1. The number of benzene rings is 4. The van der Waals surface area contributed by atoms with Gasteiger partial charge in [-0.25, -0.2) is 9.78 Å². The Morgan fingerprint density at radius 3 is 2.30 bits per heavy atom. The summed E-state index contributed by atoms with van der Waals surface area (Å²) in [5, 5.41) is 3.64. The second-order valence-corrected chi connectivity index (χ2v) is 10.2. The molecule has 0 bridgehead atoms. The molecule has 1 aromatic heterocycles. The van der Waals surface area contributed by atoms with Crippen molar-refractivity contribution in [1.82, 2.24) is 14.5 Å². The van der Waals surface area contributed by atoms with Crippen LogP contribution in [0, 0.1) is 20.8 Å². The lowest BCUT2D eigenvalue weighted by Gasteiger charge is -2.31. The van der Waals surface area contributed by atoms with Gasteiger partial charge in [-0.05, 0) is 86.7 Å². The third-order valence-electron chi connectivity index (χ3n) is 7.52. The van der Waals surface area contributed by atoms with Crippen molar-refractivity contribution in [3.8, 4) is 5.69 Å². The van der Waals surface area contributed by atoms with Crippen LogP contribution in [0.15, 0.2) is 102 Å². The van der Waals surface area contributed by atoms with E-state index in [1.165, 1.54) is 0 Å². The van der Waals surface area contributed by atoms with E-state index in [4.69, 9.17) is 4.98 Å². The maximum absolute atomic E-state index is 14.0. The molecule has 0 fully saturated rings. The van der Waals surface area contributed by atoms with Crippen molar-refractivity contribution in [2.45, 2.75) is 40.2 Å². The van der Waals surface area contributed by atoms with E-state index in [-0.39, 0.29) is 11.6 Å². The lowest BCUT2D eigenvalue weighted by atomic mass is 10.1. The topological polar surface area (TPSA) is 67.2 Å². The molecule has 40 heavy (non-hydrogen) atoms. The highest BCUT2D eigenvalue weighted by molar-refractivity contribution is 5.90. The Balaban J connectivity index is 1.62. The van der Waals surface area contributed by atoms with E-state index < -0.39 is 6.04 Å². The minimum atomic E-state index is -0.508. The second-order valence-electron chi connectivity index (χ2n) is 10.2. The summed E-state index contributed by atoms with van der Waals surface area (Å²) in [7, 11) is 0. The van der Waals surface area contributed by atoms with Gasteiger partial charge in [-0.1, -0.05) is 66.7 Å². The third kappa shape index (κ3) is 5.52. The summed E-state index contributed by atoms with van der Waals surface area (Å²) in [6, 6.07) is 30.4. The molecule has 5 rings (SSSR count). The van der Waals surface area contributed by atoms with Crippen LogP contribution in [0.5, 0.6) is 0 Å². The molecule has 0 spiro atoms. The van der Waals surface area contributed by atoms with Crippen LogP contribution in [-0.2, 0) is 6.42 Å². The maximum Gasteiger partial charge on any atom is 0.322 e. The van der Waals surface area contributed by atoms with E-state index in [1.54, 1.807) is 15.5 Å². The molecule has 0 saturated carbocycles. The fraction of sp³-hybridized carbons (Fsp3) is 0.206. The van der Waals surface area contributed by atoms with Crippen molar-refractivity contribution in [2.24, 2.45) is 0 Å². The van der Waals surface area contributed by atoms with E-state index in [2.05, 4.69) is 17.4 Å². The Bertz CT molecular complexity index is 1730. The smallest absolute Gasteiger partial charge is 0.314 e. The zero-order chi connectivity index (χ0) is 28.2. The van der Waals surface area contributed by atoms with E-state index >= 15 is 0 Å². The van der Waals surface area contributed by atoms with E-state index in [9.17, 15) is 9.59 Å². The average molecular weight is 531 g/mol. The van der Waals surface area contributed by atoms with Gasteiger partial charge < -0.3 is 10.2 Å². The summed E-state index contributed by atoms with van der Waals surface area (Å²) >= 11 is 0. The van der Waals surface area contributed by atoms with Crippen LogP contribution >= 0.6 is 0 Å². The molecule has 0 aliphatic carbocycles. The fourth-order valence-corrected chi connectivity index (χ4v) is 4.95. The van der Waals surface area contributed by atoms with Gasteiger partial charge in [0.05, 0.1) is 22.6 Å². The molecular formula is C34H34N4O2. The predicted molar refractivity (Wildman–Crippen MR) is 162 cm³/mol. The number of nitrogens with one attached hydrogen (secondary N) is 1. The Hall–Kier alpha value is -4.71. The molecule has 2 amide bonds. The molecule has 1 atom stereocenters. The lowest BCUT2D eigenvalue weighted by Crippen LogP contribution is -2.41. The van der Waals surface area contributed by atoms with Crippen LogP contribution in [0.25, 0.3) is 16.6 Å².